The maximum Gasteiger partial charge on any atom is 0.297 e. The van der Waals surface area contributed by atoms with Crippen molar-refractivity contribution in [3.05, 3.63) is 76.6 Å². The van der Waals surface area contributed by atoms with Crippen LogP contribution in [0.1, 0.15) is 10.4 Å². The quantitative estimate of drug-likeness (QED) is 0.543. The van der Waals surface area contributed by atoms with Crippen molar-refractivity contribution in [2.24, 2.45) is 0 Å². The molecule has 118 valence electrons. The number of furan rings is 1. The number of Topliss-reactive ketones (excluding diaryl/α,β-unsaturated/α-hetero) is 1. The molecule has 0 radical (unpaired) electrons. The third kappa shape index (κ3) is 2.28. The smallest absolute Gasteiger partial charge is 0.297 e. The fraction of sp³-hybridized carbons (Fsp3) is 0.0556. The van der Waals surface area contributed by atoms with E-state index in [4.69, 9.17) is 4.42 Å². The molecular formula is C18H11FN2O3. The Morgan fingerprint density at radius 2 is 1.88 bits per heavy atom. The van der Waals surface area contributed by atoms with Gasteiger partial charge in [-0.25, -0.2) is 9.37 Å². The van der Waals surface area contributed by atoms with Gasteiger partial charge >= 0.3 is 0 Å². The van der Waals surface area contributed by atoms with Gasteiger partial charge in [0.1, 0.15) is 16.9 Å². The maximum atomic E-state index is 12.9. The number of carbonyl (C=O) groups is 1. The van der Waals surface area contributed by atoms with Crippen LogP contribution in [-0.4, -0.2) is 15.3 Å². The minimum Gasteiger partial charge on any atom is -0.448 e. The molecule has 0 bridgehead atoms. The molecule has 0 spiro atoms. The Balaban J connectivity index is 1.76. The van der Waals surface area contributed by atoms with E-state index in [9.17, 15) is 14.0 Å². The van der Waals surface area contributed by atoms with E-state index in [2.05, 4.69) is 4.98 Å². The zero-order valence-corrected chi connectivity index (χ0v) is 12.4. The summed E-state index contributed by atoms with van der Waals surface area (Å²) in [6.07, 6.45) is 1.33. The van der Waals surface area contributed by atoms with E-state index in [-0.39, 0.29) is 17.9 Å². The second-order valence-electron chi connectivity index (χ2n) is 5.38. The predicted octanol–water partition coefficient (Wildman–Crippen LogP) is 3.16. The second-order valence-corrected chi connectivity index (χ2v) is 5.38. The highest BCUT2D eigenvalue weighted by molar-refractivity contribution is 6.02. The number of hydrogen-bond acceptors (Lipinski definition) is 4. The highest BCUT2D eigenvalue weighted by atomic mass is 19.1. The number of fused-ring (bicyclic) bond motifs is 3. The predicted molar refractivity (Wildman–Crippen MR) is 86.5 cm³/mol. The Labute approximate surface area is 135 Å². The molecule has 2 heterocycles. The van der Waals surface area contributed by atoms with Crippen molar-refractivity contribution in [1.29, 1.82) is 0 Å². The molecule has 4 aromatic rings. The Morgan fingerprint density at radius 3 is 2.67 bits per heavy atom. The van der Waals surface area contributed by atoms with E-state index in [1.807, 2.05) is 12.1 Å². The highest BCUT2D eigenvalue weighted by Gasteiger charge is 2.15. The van der Waals surface area contributed by atoms with Gasteiger partial charge in [-0.15, -0.1) is 0 Å². The van der Waals surface area contributed by atoms with Gasteiger partial charge in [-0.05, 0) is 36.4 Å². The van der Waals surface area contributed by atoms with Gasteiger partial charge in [0.15, 0.2) is 5.78 Å². The van der Waals surface area contributed by atoms with Crippen molar-refractivity contribution in [3.8, 4) is 0 Å². The highest BCUT2D eigenvalue weighted by Crippen LogP contribution is 2.24. The average Bonchev–Trinajstić information content (AvgIpc) is 2.97. The number of halogens is 1. The summed E-state index contributed by atoms with van der Waals surface area (Å²) in [5, 5.41) is 0.751. The molecule has 0 unspecified atom stereocenters. The zero-order valence-electron chi connectivity index (χ0n) is 12.4. The summed E-state index contributed by atoms with van der Waals surface area (Å²) in [5.74, 6) is -0.733. The van der Waals surface area contributed by atoms with Crippen molar-refractivity contribution in [2.45, 2.75) is 6.54 Å². The average molecular weight is 322 g/mol. The molecule has 24 heavy (non-hydrogen) atoms. The van der Waals surface area contributed by atoms with Crippen LogP contribution in [0.5, 0.6) is 0 Å². The van der Waals surface area contributed by atoms with Gasteiger partial charge in [0, 0.05) is 10.9 Å². The second kappa shape index (κ2) is 5.42. The first-order valence-corrected chi connectivity index (χ1v) is 7.29. The largest absolute Gasteiger partial charge is 0.448 e. The number of benzene rings is 2. The van der Waals surface area contributed by atoms with Crippen molar-refractivity contribution in [1.82, 2.24) is 9.55 Å². The van der Waals surface area contributed by atoms with Gasteiger partial charge in [-0.3, -0.25) is 14.2 Å². The molecule has 0 N–H and O–H groups in total. The third-order valence-electron chi connectivity index (χ3n) is 3.83. The molecule has 0 saturated carbocycles. The van der Waals surface area contributed by atoms with Gasteiger partial charge in [0.25, 0.3) is 5.56 Å². The Bertz CT molecular complexity index is 1130. The molecule has 4 rings (SSSR count). The SMILES string of the molecule is O=C(Cn1cnc2c(oc3ccccc32)c1=O)c1ccc(F)cc1. The molecule has 0 aliphatic rings. The van der Waals surface area contributed by atoms with E-state index in [1.165, 1.54) is 35.2 Å². The van der Waals surface area contributed by atoms with Gasteiger partial charge in [0.2, 0.25) is 5.58 Å². The summed E-state index contributed by atoms with van der Waals surface area (Å²) in [4.78, 5) is 29.0. The van der Waals surface area contributed by atoms with Gasteiger partial charge in [-0.1, -0.05) is 12.1 Å². The molecule has 0 fully saturated rings. The summed E-state index contributed by atoms with van der Waals surface area (Å²) in [7, 11) is 0. The van der Waals surface area contributed by atoms with Crippen LogP contribution >= 0.6 is 0 Å². The van der Waals surface area contributed by atoms with Crippen molar-refractivity contribution < 1.29 is 13.6 Å². The zero-order chi connectivity index (χ0) is 16.7. The lowest BCUT2D eigenvalue weighted by Gasteiger charge is -2.04. The number of aromatic nitrogens is 2. The van der Waals surface area contributed by atoms with Crippen LogP contribution in [0.15, 0.2) is 64.1 Å². The van der Waals surface area contributed by atoms with Gasteiger partial charge in [0.05, 0.1) is 12.9 Å². The molecule has 2 aromatic heterocycles. The number of carbonyl (C=O) groups excluding carboxylic acids is 1. The third-order valence-corrected chi connectivity index (χ3v) is 3.83. The maximum absolute atomic E-state index is 12.9. The summed E-state index contributed by atoms with van der Waals surface area (Å²) in [6, 6.07) is 12.4. The Morgan fingerprint density at radius 1 is 1.12 bits per heavy atom. The summed E-state index contributed by atoms with van der Waals surface area (Å²) >= 11 is 0. The van der Waals surface area contributed by atoms with Crippen molar-refractivity contribution in [3.63, 3.8) is 0 Å². The number of nitrogens with zero attached hydrogens (tertiary/aromatic N) is 2. The van der Waals surface area contributed by atoms with E-state index in [0.29, 0.717) is 16.7 Å². The first-order chi connectivity index (χ1) is 11.6. The van der Waals surface area contributed by atoms with Gasteiger partial charge in [-0.2, -0.15) is 0 Å². The van der Waals surface area contributed by atoms with Crippen LogP contribution in [0.25, 0.3) is 22.1 Å². The molecule has 2 aromatic carbocycles. The molecule has 0 amide bonds. The fourth-order valence-electron chi connectivity index (χ4n) is 2.61. The summed E-state index contributed by atoms with van der Waals surface area (Å²) in [5.41, 5.74) is 1.06. The number of para-hydroxylation sites is 1. The Hall–Kier alpha value is -3.28. The van der Waals surface area contributed by atoms with Crippen molar-refractivity contribution in [2.75, 3.05) is 0 Å². The summed E-state index contributed by atoms with van der Waals surface area (Å²) < 4.78 is 19.7. The van der Waals surface area contributed by atoms with Crippen LogP contribution in [-0.2, 0) is 6.54 Å². The van der Waals surface area contributed by atoms with E-state index in [1.54, 1.807) is 12.1 Å². The first-order valence-electron chi connectivity index (χ1n) is 7.29. The molecular weight excluding hydrogens is 311 g/mol. The Kier molecular flexibility index (Phi) is 3.23. The minimum atomic E-state index is -0.424. The van der Waals surface area contributed by atoms with Crippen LogP contribution in [0.2, 0.25) is 0 Å². The topological polar surface area (TPSA) is 65.1 Å². The molecule has 6 heteroatoms. The lowest BCUT2D eigenvalue weighted by atomic mass is 10.1. The lowest BCUT2D eigenvalue weighted by molar-refractivity contribution is 0.0970. The molecule has 5 nitrogen and oxygen atoms in total. The summed E-state index contributed by atoms with van der Waals surface area (Å²) in [6.45, 7) is -0.190. The number of rotatable bonds is 3. The monoisotopic (exact) mass is 322 g/mol. The first kappa shape index (κ1) is 14.3. The molecule has 0 aliphatic heterocycles. The van der Waals surface area contributed by atoms with Gasteiger partial charge < -0.3 is 4.42 Å². The fourth-order valence-corrected chi connectivity index (χ4v) is 2.61. The normalized spacial score (nSPS) is 11.2. The molecule has 0 atom stereocenters. The number of ketones is 1. The van der Waals surface area contributed by atoms with Crippen molar-refractivity contribution >= 4 is 27.9 Å². The minimum absolute atomic E-state index is 0.116. The standard InChI is InChI=1S/C18H11FN2O3/c19-12-7-5-11(6-8-12)14(22)9-21-10-20-16-13-3-1-2-4-15(13)24-17(16)18(21)23/h1-8,10H,9H2. The van der Waals surface area contributed by atoms with E-state index in [0.717, 1.165) is 5.39 Å². The molecule has 0 aliphatic carbocycles. The van der Waals surface area contributed by atoms with Crippen LogP contribution in [0, 0.1) is 5.82 Å². The van der Waals surface area contributed by atoms with Crippen LogP contribution < -0.4 is 5.56 Å². The molecule has 0 saturated heterocycles. The number of hydrogen-bond donors (Lipinski definition) is 0. The van der Waals surface area contributed by atoms with E-state index >= 15 is 0 Å². The van der Waals surface area contributed by atoms with Crippen LogP contribution in [0.4, 0.5) is 4.39 Å². The van der Waals surface area contributed by atoms with E-state index < -0.39 is 11.4 Å². The lowest BCUT2D eigenvalue weighted by Crippen LogP contribution is -2.24. The van der Waals surface area contributed by atoms with Crippen LogP contribution in [0.3, 0.4) is 0 Å².